The number of benzene rings is 2. The van der Waals surface area contributed by atoms with Gasteiger partial charge in [0, 0.05) is 29.2 Å². The molecule has 1 N–H and O–H groups in total. The van der Waals surface area contributed by atoms with Crippen LogP contribution in [0, 0.1) is 0 Å². The summed E-state index contributed by atoms with van der Waals surface area (Å²) in [5.41, 5.74) is 2.29. The van der Waals surface area contributed by atoms with Crippen LogP contribution in [0.4, 0.5) is 0 Å². The number of hydrogen-bond donors (Lipinski definition) is 1. The lowest BCUT2D eigenvalue weighted by molar-refractivity contribution is -0.136. The van der Waals surface area contributed by atoms with Crippen LogP contribution in [0.25, 0.3) is 16.9 Å². The molecule has 3 aromatic rings. The van der Waals surface area contributed by atoms with Crippen molar-refractivity contribution in [1.82, 2.24) is 14.7 Å². The Hall–Kier alpha value is -2.83. The molecule has 0 unspecified atom stereocenters. The van der Waals surface area contributed by atoms with Crippen LogP contribution in [-0.4, -0.2) is 44.8 Å². The predicted molar refractivity (Wildman–Crippen MR) is 115 cm³/mol. The molecule has 1 fully saturated rings. The number of carboxylic acid groups (broad SMARTS) is 1. The lowest BCUT2D eigenvalue weighted by Crippen LogP contribution is -2.29. The van der Waals surface area contributed by atoms with Gasteiger partial charge in [0.25, 0.3) is 5.91 Å². The van der Waals surface area contributed by atoms with Crippen molar-refractivity contribution in [1.29, 1.82) is 0 Å². The molecular weight excluding hydrogens is 425 g/mol. The third-order valence-electron chi connectivity index (χ3n) is 5.11. The number of amides is 1. The fourth-order valence-electron chi connectivity index (χ4n) is 3.71. The summed E-state index contributed by atoms with van der Waals surface area (Å²) < 4.78 is 1.56. The minimum atomic E-state index is -1.04. The Morgan fingerprint density at radius 2 is 1.67 bits per heavy atom. The average molecular weight is 444 g/mol. The predicted octanol–water partition coefficient (Wildman–Crippen LogP) is 4.71. The Bertz CT molecular complexity index is 1100. The van der Waals surface area contributed by atoms with E-state index in [-0.39, 0.29) is 18.0 Å². The first-order chi connectivity index (χ1) is 14.5. The van der Waals surface area contributed by atoms with Gasteiger partial charge in [-0.05, 0) is 37.1 Å². The molecule has 0 saturated carbocycles. The van der Waals surface area contributed by atoms with Crippen LogP contribution in [0.1, 0.15) is 28.9 Å². The summed E-state index contributed by atoms with van der Waals surface area (Å²) in [5.74, 6) is -1.30. The van der Waals surface area contributed by atoms with Gasteiger partial charge in [-0.25, -0.2) is 4.68 Å². The summed E-state index contributed by atoms with van der Waals surface area (Å²) in [4.78, 5) is 26.6. The first-order valence-electron chi connectivity index (χ1n) is 9.59. The third kappa shape index (κ3) is 3.93. The molecule has 1 amide bonds. The van der Waals surface area contributed by atoms with E-state index in [1.54, 1.807) is 52.0 Å². The van der Waals surface area contributed by atoms with Crippen LogP contribution in [0.3, 0.4) is 0 Å². The number of carboxylic acids is 1. The van der Waals surface area contributed by atoms with Crippen molar-refractivity contribution < 1.29 is 14.7 Å². The number of rotatable bonds is 5. The van der Waals surface area contributed by atoms with Gasteiger partial charge in [0.05, 0.1) is 22.8 Å². The maximum Gasteiger partial charge on any atom is 0.307 e. The van der Waals surface area contributed by atoms with E-state index in [0.717, 1.165) is 12.8 Å². The monoisotopic (exact) mass is 443 g/mol. The molecular formula is C22H19Cl2N3O3. The average Bonchev–Trinajstić information content (AvgIpc) is 3.37. The van der Waals surface area contributed by atoms with Crippen molar-refractivity contribution in [3.05, 3.63) is 69.8 Å². The molecule has 8 heteroatoms. The van der Waals surface area contributed by atoms with Crippen LogP contribution in [0.15, 0.2) is 48.5 Å². The minimum Gasteiger partial charge on any atom is -0.481 e. The number of likely N-dealkylation sites (tertiary alicyclic amines) is 1. The molecule has 2 aromatic carbocycles. The van der Waals surface area contributed by atoms with Gasteiger partial charge in [-0.2, -0.15) is 5.10 Å². The second-order valence-electron chi connectivity index (χ2n) is 7.12. The zero-order valence-electron chi connectivity index (χ0n) is 16.0. The number of nitrogens with zero attached hydrogens (tertiary/aromatic N) is 3. The lowest BCUT2D eigenvalue weighted by atomic mass is 10.0. The fraction of sp³-hybridized carbons (Fsp3) is 0.227. The smallest absolute Gasteiger partial charge is 0.307 e. The molecule has 0 aliphatic carbocycles. The summed E-state index contributed by atoms with van der Waals surface area (Å²) in [6.45, 7) is 1.28. The van der Waals surface area contributed by atoms with Gasteiger partial charge in [0.1, 0.15) is 0 Å². The fourth-order valence-corrected chi connectivity index (χ4v) is 4.05. The summed E-state index contributed by atoms with van der Waals surface area (Å²) >= 11 is 12.5. The summed E-state index contributed by atoms with van der Waals surface area (Å²) in [7, 11) is 0. The molecule has 2 heterocycles. The van der Waals surface area contributed by atoms with Crippen molar-refractivity contribution in [3.8, 4) is 16.9 Å². The molecule has 0 radical (unpaired) electrons. The quantitative estimate of drug-likeness (QED) is 0.619. The van der Waals surface area contributed by atoms with Gasteiger partial charge in [-0.15, -0.1) is 0 Å². The van der Waals surface area contributed by atoms with Gasteiger partial charge in [0.2, 0.25) is 0 Å². The van der Waals surface area contributed by atoms with Gasteiger partial charge >= 0.3 is 5.97 Å². The molecule has 30 heavy (non-hydrogen) atoms. The summed E-state index contributed by atoms with van der Waals surface area (Å²) in [5, 5.41) is 15.2. The molecule has 1 aliphatic rings. The van der Waals surface area contributed by atoms with Crippen molar-refractivity contribution in [2.24, 2.45) is 0 Å². The number of carbonyl (C=O) groups excluding carboxylic acids is 1. The molecule has 0 spiro atoms. The highest BCUT2D eigenvalue weighted by molar-refractivity contribution is 6.32. The van der Waals surface area contributed by atoms with E-state index in [9.17, 15) is 14.7 Å². The molecule has 6 nitrogen and oxygen atoms in total. The van der Waals surface area contributed by atoms with E-state index in [4.69, 9.17) is 23.2 Å². The summed E-state index contributed by atoms with van der Waals surface area (Å²) in [6.07, 6.45) is 1.52. The standard InChI is InChI=1S/C22H19Cl2N3O3/c23-15-9-7-14(8-10-15)21-16(13-19(28)29)20(22(30)26-11-3-4-12-26)25-27(21)18-6-2-1-5-17(18)24/h1-2,5-10H,3-4,11-13H2,(H,28,29). The molecule has 1 aromatic heterocycles. The van der Waals surface area contributed by atoms with E-state index >= 15 is 0 Å². The Labute approximate surface area is 183 Å². The maximum atomic E-state index is 13.2. The number of hydrogen-bond acceptors (Lipinski definition) is 3. The Kier molecular flexibility index (Phi) is 5.79. The van der Waals surface area contributed by atoms with E-state index in [2.05, 4.69) is 5.10 Å². The van der Waals surface area contributed by atoms with Crippen molar-refractivity contribution in [3.63, 3.8) is 0 Å². The van der Waals surface area contributed by atoms with Gasteiger partial charge < -0.3 is 10.0 Å². The van der Waals surface area contributed by atoms with Crippen molar-refractivity contribution >= 4 is 35.1 Å². The van der Waals surface area contributed by atoms with Crippen LogP contribution in [0.2, 0.25) is 10.0 Å². The van der Waals surface area contributed by atoms with Gasteiger partial charge in [-0.1, -0.05) is 47.5 Å². The second kappa shape index (κ2) is 8.50. The SMILES string of the molecule is O=C(O)Cc1c(C(=O)N2CCCC2)nn(-c2ccccc2Cl)c1-c1ccc(Cl)cc1. The highest BCUT2D eigenvalue weighted by Gasteiger charge is 2.30. The first kappa shape index (κ1) is 20.4. The van der Waals surface area contributed by atoms with E-state index in [1.165, 1.54) is 0 Å². The number of carbonyl (C=O) groups is 2. The second-order valence-corrected chi connectivity index (χ2v) is 7.96. The van der Waals surface area contributed by atoms with Gasteiger partial charge in [0.15, 0.2) is 5.69 Å². The molecule has 1 saturated heterocycles. The Balaban J connectivity index is 1.98. The highest BCUT2D eigenvalue weighted by atomic mass is 35.5. The highest BCUT2D eigenvalue weighted by Crippen LogP contribution is 2.33. The van der Waals surface area contributed by atoms with Crippen molar-refractivity contribution in [2.75, 3.05) is 13.1 Å². The van der Waals surface area contributed by atoms with E-state index in [1.807, 2.05) is 6.07 Å². The third-order valence-corrected chi connectivity index (χ3v) is 5.68. The van der Waals surface area contributed by atoms with Crippen molar-refractivity contribution in [2.45, 2.75) is 19.3 Å². The lowest BCUT2D eigenvalue weighted by Gasteiger charge is -2.14. The normalized spacial score (nSPS) is 13.6. The van der Waals surface area contributed by atoms with Gasteiger partial charge in [-0.3, -0.25) is 9.59 Å². The van der Waals surface area contributed by atoms with Crippen LogP contribution >= 0.6 is 23.2 Å². The molecule has 0 atom stereocenters. The number of halogens is 2. The zero-order valence-corrected chi connectivity index (χ0v) is 17.5. The molecule has 154 valence electrons. The number of aliphatic carboxylic acids is 1. The van der Waals surface area contributed by atoms with E-state index < -0.39 is 5.97 Å². The Morgan fingerprint density at radius 1 is 1.00 bits per heavy atom. The Morgan fingerprint density at radius 3 is 2.30 bits per heavy atom. The molecule has 0 bridgehead atoms. The topological polar surface area (TPSA) is 75.4 Å². The number of para-hydroxylation sites is 1. The zero-order chi connectivity index (χ0) is 21.3. The summed E-state index contributed by atoms with van der Waals surface area (Å²) in [6, 6.07) is 14.1. The maximum absolute atomic E-state index is 13.2. The van der Waals surface area contributed by atoms with Crippen LogP contribution in [-0.2, 0) is 11.2 Å². The van der Waals surface area contributed by atoms with Crippen LogP contribution < -0.4 is 0 Å². The van der Waals surface area contributed by atoms with E-state index in [0.29, 0.717) is 45.6 Å². The minimum absolute atomic E-state index is 0.143. The first-order valence-corrected chi connectivity index (χ1v) is 10.3. The largest absolute Gasteiger partial charge is 0.481 e. The molecule has 1 aliphatic heterocycles. The van der Waals surface area contributed by atoms with Crippen LogP contribution in [0.5, 0.6) is 0 Å². The number of aromatic nitrogens is 2. The molecule has 4 rings (SSSR count).